The predicted octanol–water partition coefficient (Wildman–Crippen LogP) is -0.654. The van der Waals surface area contributed by atoms with Gasteiger partial charge in [-0.3, -0.25) is 4.79 Å². The number of methoxy groups -OCH3 is 1. The van der Waals surface area contributed by atoms with Crippen molar-refractivity contribution in [3.8, 4) is 5.75 Å². The summed E-state index contributed by atoms with van der Waals surface area (Å²) >= 11 is 0. The molecular formula is C17H24N2O3+2. The fraction of sp³-hybridized carbons (Fsp3) is 0.471. The quantitative estimate of drug-likeness (QED) is 0.738. The predicted molar refractivity (Wildman–Crippen MR) is 84.0 cm³/mol. The lowest BCUT2D eigenvalue weighted by molar-refractivity contribution is -0.999. The van der Waals surface area contributed by atoms with Crippen molar-refractivity contribution in [1.29, 1.82) is 0 Å². The molecule has 0 spiro atoms. The van der Waals surface area contributed by atoms with Crippen LogP contribution in [0.15, 0.2) is 22.6 Å². The van der Waals surface area contributed by atoms with Crippen LogP contribution in [0, 0.1) is 6.92 Å². The standard InChI is InChI=1S/C17H22N2O3/c1-12-17(14-10-13(21-3)4-5-16(14)22-12)15(20)11-19-8-6-18(2)7-9-19/h4-5,10H,6-9,11H2,1-3H3/p+2. The van der Waals surface area contributed by atoms with Gasteiger partial charge in [-0.15, -0.1) is 0 Å². The Kier molecular flexibility index (Phi) is 4.18. The molecule has 118 valence electrons. The first-order chi connectivity index (χ1) is 10.6. The molecule has 5 nitrogen and oxygen atoms in total. The molecule has 0 radical (unpaired) electrons. The molecule has 2 N–H and O–H groups in total. The van der Waals surface area contributed by atoms with Crippen LogP contribution >= 0.6 is 0 Å². The van der Waals surface area contributed by atoms with Crippen molar-refractivity contribution in [1.82, 2.24) is 0 Å². The summed E-state index contributed by atoms with van der Waals surface area (Å²) in [4.78, 5) is 15.7. The molecule has 0 aliphatic carbocycles. The van der Waals surface area contributed by atoms with Crippen LogP contribution in [0.5, 0.6) is 5.75 Å². The molecule has 1 saturated heterocycles. The van der Waals surface area contributed by atoms with E-state index in [2.05, 4.69) is 7.05 Å². The van der Waals surface area contributed by atoms with Crippen molar-refractivity contribution in [2.45, 2.75) is 6.92 Å². The van der Waals surface area contributed by atoms with Gasteiger partial charge in [0.25, 0.3) is 0 Å². The second-order valence-corrected chi connectivity index (χ2v) is 6.20. The highest BCUT2D eigenvalue weighted by Crippen LogP contribution is 2.29. The zero-order valence-corrected chi connectivity index (χ0v) is 13.5. The third kappa shape index (κ3) is 2.87. The zero-order valence-electron chi connectivity index (χ0n) is 13.5. The first-order valence-corrected chi connectivity index (χ1v) is 7.83. The SMILES string of the molecule is COc1ccc2oc(C)c(C(=O)C[NH+]3CC[NH+](C)CC3)c2c1. The van der Waals surface area contributed by atoms with Gasteiger partial charge in [-0.2, -0.15) is 0 Å². The van der Waals surface area contributed by atoms with Crippen molar-refractivity contribution >= 4 is 16.8 Å². The van der Waals surface area contributed by atoms with E-state index >= 15 is 0 Å². The van der Waals surface area contributed by atoms with Crippen molar-refractivity contribution in [3.63, 3.8) is 0 Å². The first-order valence-electron chi connectivity index (χ1n) is 7.83. The van der Waals surface area contributed by atoms with Crippen molar-refractivity contribution in [3.05, 3.63) is 29.5 Å². The number of piperazine rings is 1. The van der Waals surface area contributed by atoms with Crippen molar-refractivity contribution in [2.75, 3.05) is 46.9 Å². The molecular weight excluding hydrogens is 280 g/mol. The number of ketones is 1. The van der Waals surface area contributed by atoms with E-state index in [-0.39, 0.29) is 5.78 Å². The van der Waals surface area contributed by atoms with Crippen LogP contribution in [0.1, 0.15) is 16.1 Å². The number of hydrogen-bond acceptors (Lipinski definition) is 3. The van der Waals surface area contributed by atoms with E-state index in [1.807, 2.05) is 25.1 Å². The van der Waals surface area contributed by atoms with Gasteiger partial charge in [0, 0.05) is 5.39 Å². The van der Waals surface area contributed by atoms with E-state index < -0.39 is 0 Å². The molecule has 1 aromatic carbocycles. The Labute approximate surface area is 130 Å². The second-order valence-electron chi connectivity index (χ2n) is 6.20. The van der Waals surface area contributed by atoms with Crippen LogP contribution < -0.4 is 14.5 Å². The van der Waals surface area contributed by atoms with Crippen LogP contribution in [0.4, 0.5) is 0 Å². The van der Waals surface area contributed by atoms with Crippen LogP contribution in [-0.4, -0.2) is 52.7 Å². The number of likely N-dealkylation sites (N-methyl/N-ethyl adjacent to an activating group) is 1. The molecule has 1 aliphatic rings. The lowest BCUT2D eigenvalue weighted by atomic mass is 10.1. The third-order valence-corrected chi connectivity index (χ3v) is 4.57. The fourth-order valence-electron chi connectivity index (χ4n) is 3.20. The maximum Gasteiger partial charge on any atom is 0.220 e. The topological polar surface area (TPSA) is 48.3 Å². The number of rotatable bonds is 4. The Hall–Kier alpha value is -1.85. The summed E-state index contributed by atoms with van der Waals surface area (Å²) in [5.74, 6) is 1.62. The van der Waals surface area contributed by atoms with Crippen molar-refractivity contribution < 1.29 is 23.7 Å². The highest BCUT2D eigenvalue weighted by molar-refractivity contribution is 6.09. The third-order valence-electron chi connectivity index (χ3n) is 4.57. The Bertz CT molecular complexity index is 685. The summed E-state index contributed by atoms with van der Waals surface area (Å²) in [6, 6.07) is 5.61. The summed E-state index contributed by atoms with van der Waals surface area (Å²) in [5, 5.41) is 0.862. The summed E-state index contributed by atoms with van der Waals surface area (Å²) in [5.41, 5.74) is 1.46. The van der Waals surface area contributed by atoms with E-state index in [0.29, 0.717) is 17.9 Å². The molecule has 1 aromatic heterocycles. The minimum absolute atomic E-state index is 0.166. The minimum atomic E-state index is 0.166. The van der Waals surface area contributed by atoms with Crippen LogP contribution in [-0.2, 0) is 0 Å². The molecule has 0 bridgehead atoms. The summed E-state index contributed by atoms with van der Waals surface area (Å²) < 4.78 is 11.0. The average Bonchev–Trinajstić information content (AvgIpc) is 2.84. The molecule has 2 heterocycles. The normalized spacial score (nSPS) is 22.0. The largest absolute Gasteiger partial charge is 0.497 e. The van der Waals surface area contributed by atoms with Crippen LogP contribution in [0.2, 0.25) is 0 Å². The Balaban J connectivity index is 1.85. The number of nitrogens with one attached hydrogen (secondary N) is 2. The zero-order chi connectivity index (χ0) is 15.7. The van der Waals surface area contributed by atoms with Crippen LogP contribution in [0.3, 0.4) is 0 Å². The number of benzene rings is 1. The molecule has 2 aromatic rings. The van der Waals surface area contributed by atoms with E-state index in [0.717, 1.165) is 42.9 Å². The van der Waals surface area contributed by atoms with Gasteiger partial charge in [-0.25, -0.2) is 0 Å². The molecule has 1 aliphatic heterocycles. The smallest absolute Gasteiger partial charge is 0.220 e. The first kappa shape index (κ1) is 15.1. The minimum Gasteiger partial charge on any atom is -0.497 e. The lowest BCUT2D eigenvalue weighted by Crippen LogP contribution is -3.27. The molecule has 22 heavy (non-hydrogen) atoms. The molecule has 3 rings (SSSR count). The second kappa shape index (κ2) is 6.10. The average molecular weight is 304 g/mol. The Morgan fingerprint density at radius 3 is 2.68 bits per heavy atom. The summed E-state index contributed by atoms with van der Waals surface area (Å²) in [7, 11) is 3.84. The van der Waals surface area contributed by atoms with Gasteiger partial charge in [0.1, 0.15) is 49.8 Å². The maximum absolute atomic E-state index is 12.8. The van der Waals surface area contributed by atoms with E-state index in [4.69, 9.17) is 9.15 Å². The number of furan rings is 1. The van der Waals surface area contributed by atoms with Crippen LogP contribution in [0.25, 0.3) is 11.0 Å². The molecule has 0 amide bonds. The summed E-state index contributed by atoms with van der Waals surface area (Å²) in [6.45, 7) is 6.76. The number of Topliss-reactive ketones (excluding diaryl/α,β-unsaturated/α-hetero) is 1. The number of fused-ring (bicyclic) bond motifs is 1. The number of ether oxygens (including phenoxy) is 1. The molecule has 1 fully saturated rings. The molecule has 0 atom stereocenters. The maximum atomic E-state index is 12.8. The van der Waals surface area contributed by atoms with E-state index in [1.165, 1.54) is 4.90 Å². The Morgan fingerprint density at radius 2 is 2.00 bits per heavy atom. The number of quaternary nitrogens is 2. The fourth-order valence-corrected chi connectivity index (χ4v) is 3.20. The molecule has 0 saturated carbocycles. The van der Waals surface area contributed by atoms with Gasteiger partial charge in [0.2, 0.25) is 5.78 Å². The highest BCUT2D eigenvalue weighted by atomic mass is 16.5. The number of hydrogen-bond donors (Lipinski definition) is 2. The highest BCUT2D eigenvalue weighted by Gasteiger charge is 2.26. The van der Waals surface area contributed by atoms with Gasteiger partial charge >= 0.3 is 0 Å². The van der Waals surface area contributed by atoms with E-state index in [1.54, 1.807) is 12.0 Å². The van der Waals surface area contributed by atoms with Crippen molar-refractivity contribution in [2.24, 2.45) is 0 Å². The number of carbonyl (C=O) groups is 1. The van der Waals surface area contributed by atoms with E-state index in [9.17, 15) is 4.79 Å². The van der Waals surface area contributed by atoms with Gasteiger partial charge in [0.05, 0.1) is 19.7 Å². The van der Waals surface area contributed by atoms with Gasteiger partial charge in [-0.05, 0) is 25.1 Å². The van der Waals surface area contributed by atoms with Gasteiger partial charge in [-0.1, -0.05) is 0 Å². The lowest BCUT2D eigenvalue weighted by Gasteiger charge is -2.26. The number of aryl methyl sites for hydroxylation is 1. The van der Waals surface area contributed by atoms with Gasteiger partial charge < -0.3 is 19.0 Å². The monoisotopic (exact) mass is 304 g/mol. The van der Waals surface area contributed by atoms with Gasteiger partial charge in [0.15, 0.2) is 0 Å². The molecule has 5 heteroatoms. The molecule has 0 unspecified atom stereocenters. The Morgan fingerprint density at radius 1 is 1.27 bits per heavy atom. The number of carbonyl (C=O) groups excluding carboxylic acids is 1. The summed E-state index contributed by atoms with van der Waals surface area (Å²) in [6.07, 6.45) is 0.